The number of carbonyl (C=O) groups excluding carboxylic acids is 2. The van der Waals surface area contributed by atoms with Gasteiger partial charge in [0, 0.05) is 48.8 Å². The second-order valence-corrected chi connectivity index (χ2v) is 11.8. The molecule has 228 valence electrons. The zero-order valence-electron chi connectivity index (χ0n) is 24.0. The number of carbonyl (C=O) groups is 4. The van der Waals surface area contributed by atoms with Gasteiger partial charge in [0.25, 0.3) is 0 Å². The number of aliphatic hydroxyl groups excluding tert-OH is 1. The van der Waals surface area contributed by atoms with Crippen LogP contribution in [0.5, 0.6) is 0 Å². The van der Waals surface area contributed by atoms with Crippen molar-refractivity contribution in [2.24, 2.45) is 11.7 Å². The van der Waals surface area contributed by atoms with Crippen LogP contribution in [0.1, 0.15) is 59.3 Å². The van der Waals surface area contributed by atoms with Gasteiger partial charge in [0.1, 0.15) is 0 Å². The van der Waals surface area contributed by atoms with Crippen LogP contribution in [-0.2, 0) is 19.2 Å². The van der Waals surface area contributed by atoms with Crippen molar-refractivity contribution < 1.29 is 34.5 Å². The lowest BCUT2D eigenvalue weighted by Gasteiger charge is -2.47. The van der Waals surface area contributed by atoms with Gasteiger partial charge in [-0.25, -0.2) is 9.59 Å². The van der Waals surface area contributed by atoms with Gasteiger partial charge in [-0.15, -0.1) is 0 Å². The van der Waals surface area contributed by atoms with E-state index in [9.17, 15) is 24.3 Å². The summed E-state index contributed by atoms with van der Waals surface area (Å²) in [6.07, 6.45) is 6.20. The highest BCUT2D eigenvalue weighted by Crippen LogP contribution is 2.31. The first-order chi connectivity index (χ1) is 19.2. The molecule has 2 aliphatic rings. The number of nitrogens with two attached hydrogens (primary N) is 1. The molecular weight excluding hydrogens is 552 g/mol. The van der Waals surface area contributed by atoms with E-state index < -0.39 is 24.1 Å². The summed E-state index contributed by atoms with van der Waals surface area (Å²) < 4.78 is 0. The van der Waals surface area contributed by atoms with E-state index in [1.165, 1.54) is 6.42 Å². The number of halogens is 1. The fourth-order valence-electron chi connectivity index (χ4n) is 4.99. The zero-order chi connectivity index (χ0) is 30.7. The third-order valence-electron chi connectivity index (χ3n) is 7.46. The average molecular weight is 595 g/mol. The number of hydrogen-bond acceptors (Lipinski definition) is 7. The number of piperazine rings is 1. The molecule has 3 atom stereocenters. The Balaban J connectivity index is 0.000000642. The van der Waals surface area contributed by atoms with Gasteiger partial charge in [0.05, 0.1) is 23.4 Å². The molecule has 41 heavy (non-hydrogen) atoms. The monoisotopic (exact) mass is 594 g/mol. The molecule has 3 rings (SSSR count). The molecule has 2 amide bonds. The molecule has 1 saturated heterocycles. The summed E-state index contributed by atoms with van der Waals surface area (Å²) >= 11 is 6.32. The molecule has 0 bridgehead atoms. The summed E-state index contributed by atoms with van der Waals surface area (Å²) in [4.78, 5) is 48.3. The number of carboxylic acid groups (broad SMARTS) is 2. The molecule has 1 aromatic rings. The first kappa shape index (κ1) is 34.2. The summed E-state index contributed by atoms with van der Waals surface area (Å²) in [5.41, 5.74) is 6.70. The number of anilines is 1. The Bertz CT molecular complexity index is 1070. The van der Waals surface area contributed by atoms with E-state index in [1.54, 1.807) is 11.0 Å². The number of aliphatic hydroxyl groups is 1. The number of nitrogens with one attached hydrogen (secondary N) is 1. The smallest absolute Gasteiger partial charge is 0.328 e. The van der Waals surface area contributed by atoms with Gasteiger partial charge < -0.3 is 31.3 Å². The van der Waals surface area contributed by atoms with Gasteiger partial charge in [0.15, 0.2) is 0 Å². The van der Waals surface area contributed by atoms with Crippen molar-refractivity contribution >= 4 is 41.0 Å². The molecule has 12 heteroatoms. The van der Waals surface area contributed by atoms with Crippen LogP contribution in [0.25, 0.3) is 0 Å². The summed E-state index contributed by atoms with van der Waals surface area (Å²) in [6, 6.07) is 7.03. The molecule has 1 heterocycles. The lowest BCUT2D eigenvalue weighted by Crippen LogP contribution is -2.64. The van der Waals surface area contributed by atoms with Crippen molar-refractivity contribution in [3.8, 4) is 0 Å². The maximum Gasteiger partial charge on any atom is 0.328 e. The Hall–Kier alpha value is -2.99. The molecule has 1 aromatic carbocycles. The highest BCUT2D eigenvalue weighted by atomic mass is 35.5. The van der Waals surface area contributed by atoms with Crippen LogP contribution in [0.3, 0.4) is 0 Å². The van der Waals surface area contributed by atoms with Crippen LogP contribution in [0.2, 0.25) is 5.02 Å². The van der Waals surface area contributed by atoms with E-state index in [4.69, 9.17) is 27.5 Å². The first-order valence-corrected chi connectivity index (χ1v) is 14.3. The molecule has 0 spiro atoms. The number of para-hydroxylation sites is 1. The number of benzene rings is 1. The van der Waals surface area contributed by atoms with Crippen LogP contribution >= 0.6 is 11.6 Å². The topological polar surface area (TPSA) is 173 Å². The van der Waals surface area contributed by atoms with E-state index in [-0.39, 0.29) is 35.9 Å². The summed E-state index contributed by atoms with van der Waals surface area (Å²) in [5, 5.41) is 30.0. The number of hydrogen-bond donors (Lipinski definition) is 5. The zero-order valence-corrected chi connectivity index (χ0v) is 24.7. The highest BCUT2D eigenvalue weighted by Gasteiger charge is 2.40. The van der Waals surface area contributed by atoms with E-state index >= 15 is 0 Å². The van der Waals surface area contributed by atoms with Gasteiger partial charge in [-0.05, 0) is 45.2 Å². The van der Waals surface area contributed by atoms with Gasteiger partial charge in [-0.2, -0.15) is 0 Å². The molecule has 11 nitrogen and oxygen atoms in total. The average Bonchev–Trinajstić information content (AvgIpc) is 2.90. The maximum absolute atomic E-state index is 12.9. The Kier molecular flexibility index (Phi) is 13.2. The summed E-state index contributed by atoms with van der Waals surface area (Å²) in [6.45, 7) is 6.98. The summed E-state index contributed by atoms with van der Waals surface area (Å²) in [5.74, 6) is -2.90. The molecule has 1 saturated carbocycles. The van der Waals surface area contributed by atoms with Crippen molar-refractivity contribution in [2.75, 3.05) is 24.5 Å². The minimum Gasteiger partial charge on any atom is -0.478 e. The van der Waals surface area contributed by atoms with E-state index in [2.05, 4.69) is 19.2 Å². The number of nitrogens with zero attached hydrogens (tertiary/aromatic N) is 2. The van der Waals surface area contributed by atoms with Crippen LogP contribution in [0.4, 0.5) is 5.69 Å². The van der Waals surface area contributed by atoms with Crippen LogP contribution in [-0.4, -0.2) is 87.3 Å². The predicted molar refractivity (Wildman–Crippen MR) is 157 cm³/mol. The maximum atomic E-state index is 12.9. The third-order valence-corrected chi connectivity index (χ3v) is 7.78. The molecule has 0 radical (unpaired) electrons. The number of amides is 2. The number of carboxylic acids is 2. The quantitative estimate of drug-likeness (QED) is 0.255. The van der Waals surface area contributed by atoms with Crippen molar-refractivity contribution in [1.29, 1.82) is 0 Å². The largest absolute Gasteiger partial charge is 0.478 e. The van der Waals surface area contributed by atoms with Gasteiger partial charge >= 0.3 is 11.9 Å². The Morgan fingerprint density at radius 2 is 1.71 bits per heavy atom. The third kappa shape index (κ3) is 11.1. The second kappa shape index (κ2) is 15.9. The lowest BCUT2D eigenvalue weighted by molar-refractivity contribution is -0.134. The Morgan fingerprint density at radius 1 is 1.12 bits per heavy atom. The van der Waals surface area contributed by atoms with E-state index in [0.717, 1.165) is 25.7 Å². The second-order valence-electron chi connectivity index (χ2n) is 11.3. The molecule has 6 N–H and O–H groups in total. The number of rotatable bonds is 10. The number of aliphatic carboxylic acids is 2. The van der Waals surface area contributed by atoms with E-state index in [1.807, 2.05) is 30.0 Å². The minimum absolute atomic E-state index is 0.0167. The molecule has 0 unspecified atom stereocenters. The van der Waals surface area contributed by atoms with Gasteiger partial charge in [0.2, 0.25) is 11.8 Å². The van der Waals surface area contributed by atoms with Crippen LogP contribution < -0.4 is 16.0 Å². The SMILES string of the molecule is C[C@H](C[C@H](O)[C@@H](N)CN1CC(=O)N(c2ccccc2Cl)CC1(C)C)C(=O)NC1CCCCC1.O=C(O)/C=C/C(=O)O. The molecule has 0 aromatic heterocycles. The molecule has 1 aliphatic heterocycles. The first-order valence-electron chi connectivity index (χ1n) is 13.9. The molecule has 1 aliphatic carbocycles. The standard InChI is InChI=1S/C25H39ClN4O3.C4H4O4/c1-17(24(33)28-18-9-5-4-6-10-18)13-22(31)20(27)14-29-15-23(32)30(16-25(29,2)3)21-12-8-7-11-19(21)26;5-3(6)1-2-4(7)8/h7-8,11-12,17-18,20,22,31H,4-6,9-10,13-16,27H2,1-3H3,(H,28,33);1-2H,(H,5,6)(H,7,8)/b;2-1+/t17-,20+,22+;/m1./s1. The molecular formula is C29H43ClN4O7. The van der Waals surface area contributed by atoms with Crippen LogP contribution in [0.15, 0.2) is 36.4 Å². The van der Waals surface area contributed by atoms with Gasteiger partial charge in [-0.3, -0.25) is 14.5 Å². The molecule has 2 fully saturated rings. The predicted octanol–water partition coefficient (Wildman–Crippen LogP) is 2.64. The van der Waals surface area contributed by atoms with Crippen molar-refractivity contribution in [3.05, 3.63) is 41.4 Å². The van der Waals surface area contributed by atoms with Crippen molar-refractivity contribution in [2.45, 2.75) is 83.0 Å². The fraction of sp³-hybridized carbons (Fsp3) is 0.586. The van der Waals surface area contributed by atoms with Crippen molar-refractivity contribution in [1.82, 2.24) is 10.2 Å². The van der Waals surface area contributed by atoms with E-state index in [0.29, 0.717) is 42.4 Å². The summed E-state index contributed by atoms with van der Waals surface area (Å²) in [7, 11) is 0. The van der Waals surface area contributed by atoms with Crippen molar-refractivity contribution in [3.63, 3.8) is 0 Å². The Morgan fingerprint density at radius 3 is 2.27 bits per heavy atom. The minimum atomic E-state index is -1.26. The lowest BCUT2D eigenvalue weighted by atomic mass is 9.92. The normalized spacial score (nSPS) is 20.0. The van der Waals surface area contributed by atoms with Gasteiger partial charge in [-0.1, -0.05) is 49.9 Å². The highest BCUT2D eigenvalue weighted by molar-refractivity contribution is 6.33. The van der Waals surface area contributed by atoms with Crippen LogP contribution in [0, 0.1) is 5.92 Å². The Labute approximate surface area is 246 Å². The fourth-order valence-corrected chi connectivity index (χ4v) is 5.23.